The molecule has 1 amide bonds. The van der Waals surface area contributed by atoms with Gasteiger partial charge in [-0.15, -0.1) is 0 Å². The lowest BCUT2D eigenvalue weighted by atomic mass is 9.95. The molecule has 4 rings (SSSR count). The van der Waals surface area contributed by atoms with E-state index in [1.54, 1.807) is 30.3 Å². The Morgan fingerprint density at radius 2 is 1.81 bits per heavy atom. The van der Waals surface area contributed by atoms with Gasteiger partial charge in [0.05, 0.1) is 17.3 Å². The van der Waals surface area contributed by atoms with Gasteiger partial charge < -0.3 is 5.11 Å². The molecule has 0 radical (unpaired) electrons. The van der Waals surface area contributed by atoms with Crippen molar-refractivity contribution in [2.75, 3.05) is 4.90 Å². The molecule has 0 spiro atoms. The highest BCUT2D eigenvalue weighted by Gasteiger charge is 2.48. The molecule has 0 aliphatic carbocycles. The van der Waals surface area contributed by atoms with Gasteiger partial charge in [-0.1, -0.05) is 18.2 Å². The van der Waals surface area contributed by atoms with E-state index in [1.807, 2.05) is 13.8 Å². The lowest BCUT2D eigenvalue weighted by Crippen LogP contribution is -2.30. The standard InChI is InChI=1S/C24H18F2N2O3/c1-13-5-6-15(10-14(13)2)22(29)20-21(16-4-3-9-27-12-16)28(24(31)23(20)30)19-11-17(25)7-8-18(19)26/h3-12,21,29H,1-2H3/b22-20+. The summed E-state index contributed by atoms with van der Waals surface area (Å²) in [7, 11) is 0. The van der Waals surface area contributed by atoms with Crippen LogP contribution in [0.3, 0.4) is 0 Å². The van der Waals surface area contributed by atoms with Crippen LogP contribution in [0.25, 0.3) is 5.76 Å². The SMILES string of the molecule is Cc1ccc(/C(O)=C2\C(=O)C(=O)N(c3cc(F)ccc3F)C2c2cccnc2)cc1C. The van der Waals surface area contributed by atoms with Crippen LogP contribution in [-0.2, 0) is 9.59 Å². The number of ketones is 1. The molecule has 0 saturated carbocycles. The molecule has 3 aromatic rings. The number of pyridine rings is 1. The molecule has 5 nitrogen and oxygen atoms in total. The largest absolute Gasteiger partial charge is 0.507 e. The van der Waals surface area contributed by atoms with Crippen LogP contribution in [0.1, 0.15) is 28.3 Å². The Morgan fingerprint density at radius 1 is 1.03 bits per heavy atom. The molecule has 31 heavy (non-hydrogen) atoms. The van der Waals surface area contributed by atoms with Crippen molar-refractivity contribution in [3.05, 3.63) is 100 Å². The van der Waals surface area contributed by atoms with E-state index in [0.29, 0.717) is 11.1 Å². The first-order valence-corrected chi connectivity index (χ1v) is 9.53. The number of anilines is 1. The first-order chi connectivity index (χ1) is 14.8. The van der Waals surface area contributed by atoms with Gasteiger partial charge in [0.2, 0.25) is 0 Å². The van der Waals surface area contributed by atoms with E-state index in [-0.39, 0.29) is 5.57 Å². The fraction of sp³-hybridized carbons (Fsp3) is 0.125. The van der Waals surface area contributed by atoms with E-state index in [0.717, 1.165) is 34.2 Å². The van der Waals surface area contributed by atoms with Crippen molar-refractivity contribution >= 4 is 23.1 Å². The Bertz CT molecular complexity index is 1240. The summed E-state index contributed by atoms with van der Waals surface area (Å²) in [6.07, 6.45) is 2.91. The van der Waals surface area contributed by atoms with Crippen molar-refractivity contribution in [2.45, 2.75) is 19.9 Å². The second-order valence-electron chi connectivity index (χ2n) is 7.35. The van der Waals surface area contributed by atoms with Crippen LogP contribution in [0.15, 0.2) is 66.5 Å². The highest BCUT2D eigenvalue weighted by molar-refractivity contribution is 6.51. The van der Waals surface area contributed by atoms with Gasteiger partial charge in [-0.25, -0.2) is 8.78 Å². The van der Waals surface area contributed by atoms with E-state index in [1.165, 1.54) is 12.4 Å². The van der Waals surface area contributed by atoms with Gasteiger partial charge in [0.15, 0.2) is 0 Å². The summed E-state index contributed by atoms with van der Waals surface area (Å²) in [5, 5.41) is 11.0. The minimum Gasteiger partial charge on any atom is -0.507 e. The van der Waals surface area contributed by atoms with E-state index in [9.17, 15) is 23.5 Å². The van der Waals surface area contributed by atoms with Gasteiger partial charge in [0, 0.05) is 24.0 Å². The van der Waals surface area contributed by atoms with Crippen molar-refractivity contribution in [1.29, 1.82) is 0 Å². The summed E-state index contributed by atoms with van der Waals surface area (Å²) in [6, 6.07) is 9.78. The van der Waals surface area contributed by atoms with Gasteiger partial charge in [-0.3, -0.25) is 19.5 Å². The van der Waals surface area contributed by atoms with Crippen molar-refractivity contribution < 1.29 is 23.5 Å². The van der Waals surface area contributed by atoms with E-state index in [4.69, 9.17) is 0 Å². The highest BCUT2D eigenvalue weighted by Crippen LogP contribution is 2.42. The third-order valence-electron chi connectivity index (χ3n) is 5.39. The predicted octanol–water partition coefficient (Wildman–Crippen LogP) is 4.60. The molecular weight excluding hydrogens is 402 g/mol. The van der Waals surface area contributed by atoms with E-state index < -0.39 is 40.8 Å². The number of aryl methyl sites for hydroxylation is 2. The average Bonchev–Trinajstić information content (AvgIpc) is 3.02. The molecule has 1 aliphatic heterocycles. The number of carbonyl (C=O) groups excluding carboxylic acids is 2. The average molecular weight is 420 g/mol. The monoisotopic (exact) mass is 420 g/mol. The Hall–Kier alpha value is -3.87. The summed E-state index contributed by atoms with van der Waals surface area (Å²) in [5.41, 5.74) is 1.97. The quantitative estimate of drug-likeness (QED) is 0.382. The number of aliphatic hydroxyl groups is 1. The van der Waals surface area contributed by atoms with Gasteiger partial charge in [0.25, 0.3) is 11.7 Å². The van der Waals surface area contributed by atoms with Gasteiger partial charge in [-0.05, 0) is 54.8 Å². The Balaban J connectivity index is 1.98. The Kier molecular flexibility index (Phi) is 5.10. The third kappa shape index (κ3) is 3.48. The fourth-order valence-electron chi connectivity index (χ4n) is 3.65. The van der Waals surface area contributed by atoms with Crippen molar-refractivity contribution in [1.82, 2.24) is 4.98 Å². The number of halogens is 2. The molecule has 1 unspecified atom stereocenters. The van der Waals surface area contributed by atoms with Crippen molar-refractivity contribution in [2.24, 2.45) is 0 Å². The maximum absolute atomic E-state index is 14.6. The van der Waals surface area contributed by atoms with Crippen LogP contribution in [0.4, 0.5) is 14.5 Å². The Morgan fingerprint density at radius 3 is 2.48 bits per heavy atom. The molecule has 1 N–H and O–H groups in total. The molecule has 2 heterocycles. The molecule has 1 aliphatic rings. The van der Waals surface area contributed by atoms with Gasteiger partial charge in [-0.2, -0.15) is 0 Å². The fourth-order valence-corrected chi connectivity index (χ4v) is 3.65. The second-order valence-corrected chi connectivity index (χ2v) is 7.35. The maximum atomic E-state index is 14.6. The summed E-state index contributed by atoms with van der Waals surface area (Å²) in [6.45, 7) is 3.76. The molecule has 2 aromatic carbocycles. The minimum atomic E-state index is -1.17. The summed E-state index contributed by atoms with van der Waals surface area (Å²) >= 11 is 0. The molecule has 156 valence electrons. The Labute approximate surface area is 177 Å². The summed E-state index contributed by atoms with van der Waals surface area (Å²) in [4.78, 5) is 30.8. The van der Waals surface area contributed by atoms with Gasteiger partial charge in [0.1, 0.15) is 17.4 Å². The molecule has 1 fully saturated rings. The topological polar surface area (TPSA) is 70.5 Å². The lowest BCUT2D eigenvalue weighted by Gasteiger charge is -2.25. The van der Waals surface area contributed by atoms with Crippen molar-refractivity contribution in [3.8, 4) is 0 Å². The first-order valence-electron chi connectivity index (χ1n) is 9.53. The zero-order valence-corrected chi connectivity index (χ0v) is 16.8. The van der Waals surface area contributed by atoms with Crippen LogP contribution in [0, 0.1) is 25.5 Å². The first kappa shape index (κ1) is 20.4. The molecule has 7 heteroatoms. The number of benzene rings is 2. The second kappa shape index (κ2) is 7.75. The summed E-state index contributed by atoms with van der Waals surface area (Å²) < 4.78 is 28.5. The van der Waals surface area contributed by atoms with Crippen LogP contribution in [0.2, 0.25) is 0 Å². The normalized spacial score (nSPS) is 17.9. The smallest absolute Gasteiger partial charge is 0.300 e. The lowest BCUT2D eigenvalue weighted by molar-refractivity contribution is -0.132. The van der Waals surface area contributed by atoms with Crippen molar-refractivity contribution in [3.63, 3.8) is 0 Å². The predicted molar refractivity (Wildman–Crippen MR) is 111 cm³/mol. The number of rotatable bonds is 3. The van der Waals surface area contributed by atoms with E-state index >= 15 is 0 Å². The van der Waals surface area contributed by atoms with Crippen LogP contribution >= 0.6 is 0 Å². The number of aliphatic hydroxyl groups excluding tert-OH is 1. The third-order valence-corrected chi connectivity index (χ3v) is 5.39. The number of carbonyl (C=O) groups is 2. The van der Waals surface area contributed by atoms with E-state index in [2.05, 4.69) is 4.98 Å². The molecule has 1 atom stereocenters. The number of hydrogen-bond donors (Lipinski definition) is 1. The number of Topliss-reactive ketones (excluding diaryl/α,β-unsaturated/α-hetero) is 1. The molecule has 0 bridgehead atoms. The molecule has 1 aromatic heterocycles. The highest BCUT2D eigenvalue weighted by atomic mass is 19.1. The number of nitrogens with zero attached hydrogens (tertiary/aromatic N) is 2. The number of amides is 1. The number of aromatic nitrogens is 1. The maximum Gasteiger partial charge on any atom is 0.300 e. The summed E-state index contributed by atoms with van der Waals surface area (Å²) in [5.74, 6) is -4.09. The minimum absolute atomic E-state index is 0.218. The molecular formula is C24H18F2N2O3. The van der Waals surface area contributed by atoms with Gasteiger partial charge >= 0.3 is 0 Å². The van der Waals surface area contributed by atoms with Crippen LogP contribution < -0.4 is 4.90 Å². The van der Waals surface area contributed by atoms with Crippen LogP contribution in [0.5, 0.6) is 0 Å². The zero-order chi connectivity index (χ0) is 22.3. The van der Waals surface area contributed by atoms with Crippen LogP contribution in [-0.4, -0.2) is 21.8 Å². The molecule has 1 saturated heterocycles. The number of hydrogen-bond acceptors (Lipinski definition) is 4. The zero-order valence-electron chi connectivity index (χ0n) is 16.8.